The van der Waals surface area contributed by atoms with Crippen molar-refractivity contribution in [2.45, 2.75) is 13.3 Å². The van der Waals surface area contributed by atoms with Gasteiger partial charge in [-0.3, -0.25) is 9.59 Å². The number of quaternary nitrogens is 1. The van der Waals surface area contributed by atoms with Crippen molar-refractivity contribution >= 4 is 23.2 Å². The summed E-state index contributed by atoms with van der Waals surface area (Å²) in [6, 6.07) is 15.8. The van der Waals surface area contributed by atoms with E-state index in [-0.39, 0.29) is 18.4 Å². The molecule has 0 spiro atoms. The smallest absolute Gasteiger partial charge is 0.275 e. The first kappa shape index (κ1) is 21.6. The number of aryl methyl sites for hydroxylation is 1. The number of rotatable bonds is 8. The van der Waals surface area contributed by atoms with Crippen molar-refractivity contribution in [1.29, 1.82) is 0 Å². The van der Waals surface area contributed by atoms with Crippen LogP contribution in [-0.4, -0.2) is 58.2 Å². The highest BCUT2D eigenvalue weighted by Crippen LogP contribution is 2.19. The Bertz CT molecular complexity index is 846. The number of nitrogens with one attached hydrogen (secondary N) is 3. The van der Waals surface area contributed by atoms with E-state index in [9.17, 15) is 9.59 Å². The average Bonchev–Trinajstić information content (AvgIpc) is 2.79. The predicted octanol–water partition coefficient (Wildman–Crippen LogP) is 0.717. The zero-order chi connectivity index (χ0) is 21.3. The molecular weight excluding hydrogens is 380 g/mol. The van der Waals surface area contributed by atoms with Crippen molar-refractivity contribution in [3.05, 3.63) is 54.1 Å². The normalized spacial score (nSPS) is 14.3. The number of piperazine rings is 1. The number of amides is 2. The molecule has 2 aromatic carbocycles. The van der Waals surface area contributed by atoms with Crippen LogP contribution in [0.25, 0.3) is 0 Å². The highest BCUT2D eigenvalue weighted by Gasteiger charge is 2.22. The first-order valence-corrected chi connectivity index (χ1v) is 10.5. The second kappa shape index (κ2) is 10.6. The number of hydrogen-bond acceptors (Lipinski definition) is 4. The first-order chi connectivity index (χ1) is 14.6. The van der Waals surface area contributed by atoms with E-state index in [0.717, 1.165) is 49.6 Å². The third-order valence-electron chi connectivity index (χ3n) is 5.44. The van der Waals surface area contributed by atoms with E-state index in [2.05, 4.69) is 27.7 Å². The first-order valence-electron chi connectivity index (χ1n) is 10.5. The zero-order valence-corrected chi connectivity index (χ0v) is 17.7. The largest absolute Gasteiger partial charge is 0.497 e. The van der Waals surface area contributed by atoms with Crippen LogP contribution < -0.4 is 25.2 Å². The minimum absolute atomic E-state index is 0.0118. The van der Waals surface area contributed by atoms with Crippen molar-refractivity contribution < 1.29 is 19.2 Å². The summed E-state index contributed by atoms with van der Waals surface area (Å²) in [5.41, 5.74) is 3.05. The van der Waals surface area contributed by atoms with Crippen molar-refractivity contribution in [2.24, 2.45) is 0 Å². The predicted molar refractivity (Wildman–Crippen MR) is 118 cm³/mol. The molecule has 2 aromatic rings. The van der Waals surface area contributed by atoms with Gasteiger partial charge < -0.3 is 25.2 Å². The number of ether oxygens (including phenoxy) is 1. The van der Waals surface area contributed by atoms with Crippen LogP contribution in [0, 0.1) is 0 Å². The highest BCUT2D eigenvalue weighted by atomic mass is 16.5. The molecule has 0 radical (unpaired) electrons. The Labute approximate surface area is 178 Å². The summed E-state index contributed by atoms with van der Waals surface area (Å²) in [7, 11) is 1.66. The van der Waals surface area contributed by atoms with Crippen LogP contribution in [0.5, 0.6) is 5.75 Å². The number of para-hydroxylation sites is 1. The Morgan fingerprint density at radius 3 is 2.40 bits per heavy atom. The summed E-state index contributed by atoms with van der Waals surface area (Å²) in [6.45, 7) is 5.97. The molecule has 3 N–H and O–H groups in total. The Hall–Kier alpha value is -3.06. The molecule has 0 aromatic heterocycles. The van der Waals surface area contributed by atoms with Crippen LogP contribution in [0.2, 0.25) is 0 Å². The van der Waals surface area contributed by atoms with Gasteiger partial charge >= 0.3 is 0 Å². The van der Waals surface area contributed by atoms with Crippen LogP contribution >= 0.6 is 0 Å². The van der Waals surface area contributed by atoms with Gasteiger partial charge in [0, 0.05) is 11.4 Å². The summed E-state index contributed by atoms with van der Waals surface area (Å²) in [5.74, 6) is 0.548. The molecule has 1 aliphatic heterocycles. The maximum absolute atomic E-state index is 12.3. The second-order valence-electron chi connectivity index (χ2n) is 7.45. The van der Waals surface area contributed by atoms with Gasteiger partial charge in [0.1, 0.15) is 5.75 Å². The second-order valence-corrected chi connectivity index (χ2v) is 7.45. The Kier molecular flexibility index (Phi) is 7.68. The lowest BCUT2D eigenvalue weighted by atomic mass is 10.1. The van der Waals surface area contributed by atoms with Gasteiger partial charge in [-0.2, -0.15) is 0 Å². The maximum Gasteiger partial charge on any atom is 0.275 e. The fourth-order valence-electron chi connectivity index (χ4n) is 3.66. The van der Waals surface area contributed by atoms with E-state index in [1.54, 1.807) is 7.11 Å². The molecule has 0 atom stereocenters. The van der Waals surface area contributed by atoms with E-state index >= 15 is 0 Å². The van der Waals surface area contributed by atoms with Crippen LogP contribution in [0.4, 0.5) is 11.4 Å². The lowest BCUT2D eigenvalue weighted by molar-refractivity contribution is -0.892. The number of methoxy groups -OCH3 is 1. The molecule has 2 amide bonds. The molecule has 1 aliphatic rings. The minimum atomic E-state index is -0.205. The SMILES string of the molecule is CCc1ccccc1NC(=O)CNC(=O)C[NH+]1CCN(c2ccc(OC)cc2)CC1. The monoisotopic (exact) mass is 411 g/mol. The third kappa shape index (κ3) is 5.97. The van der Waals surface area contributed by atoms with Gasteiger partial charge in [-0.15, -0.1) is 0 Å². The van der Waals surface area contributed by atoms with Gasteiger partial charge in [0.25, 0.3) is 5.91 Å². The Balaban J connectivity index is 1.38. The van der Waals surface area contributed by atoms with E-state index in [4.69, 9.17) is 4.74 Å². The van der Waals surface area contributed by atoms with Crippen LogP contribution in [-0.2, 0) is 16.0 Å². The highest BCUT2D eigenvalue weighted by molar-refractivity contribution is 5.95. The standard InChI is InChI=1S/C23H30N4O3/c1-3-18-6-4-5-7-21(18)25-22(28)16-24-23(29)17-26-12-14-27(15-13-26)19-8-10-20(30-2)11-9-19/h4-11H,3,12-17H2,1-2H3,(H,24,29)(H,25,28)/p+1. The molecule has 0 saturated carbocycles. The Morgan fingerprint density at radius 1 is 1.03 bits per heavy atom. The lowest BCUT2D eigenvalue weighted by Gasteiger charge is -2.33. The number of benzene rings is 2. The number of carbonyl (C=O) groups excluding carboxylic acids is 2. The molecule has 0 unspecified atom stereocenters. The van der Waals surface area contributed by atoms with Crippen molar-refractivity contribution in [3.63, 3.8) is 0 Å². The summed E-state index contributed by atoms with van der Waals surface area (Å²) in [4.78, 5) is 28.0. The topological polar surface area (TPSA) is 75.1 Å². The molecule has 7 heteroatoms. The van der Waals surface area contributed by atoms with Crippen molar-refractivity contribution in [3.8, 4) is 5.75 Å². The van der Waals surface area contributed by atoms with Gasteiger partial charge in [-0.05, 0) is 42.3 Å². The van der Waals surface area contributed by atoms with E-state index in [1.165, 1.54) is 10.6 Å². The molecule has 1 heterocycles. The number of nitrogens with zero attached hydrogens (tertiary/aromatic N) is 1. The van der Waals surface area contributed by atoms with Crippen LogP contribution in [0.1, 0.15) is 12.5 Å². The summed E-state index contributed by atoms with van der Waals surface area (Å²) in [5, 5.41) is 5.62. The summed E-state index contributed by atoms with van der Waals surface area (Å²) in [6.07, 6.45) is 0.842. The van der Waals surface area contributed by atoms with E-state index in [0.29, 0.717) is 6.54 Å². The number of hydrogen-bond donors (Lipinski definition) is 3. The van der Waals surface area contributed by atoms with E-state index in [1.807, 2.05) is 43.3 Å². The quantitative estimate of drug-likeness (QED) is 0.598. The molecule has 30 heavy (non-hydrogen) atoms. The fourth-order valence-corrected chi connectivity index (χ4v) is 3.66. The van der Waals surface area contributed by atoms with Gasteiger partial charge in [0.15, 0.2) is 6.54 Å². The molecule has 160 valence electrons. The van der Waals surface area contributed by atoms with Gasteiger partial charge in [0.2, 0.25) is 5.91 Å². The number of carbonyl (C=O) groups is 2. The van der Waals surface area contributed by atoms with Crippen LogP contribution in [0.15, 0.2) is 48.5 Å². The van der Waals surface area contributed by atoms with Gasteiger partial charge in [-0.25, -0.2) is 0 Å². The van der Waals surface area contributed by atoms with Crippen LogP contribution in [0.3, 0.4) is 0 Å². The maximum atomic E-state index is 12.3. The molecule has 7 nitrogen and oxygen atoms in total. The fraction of sp³-hybridized carbons (Fsp3) is 0.391. The Morgan fingerprint density at radius 2 is 1.73 bits per heavy atom. The molecule has 3 rings (SSSR count). The summed E-state index contributed by atoms with van der Waals surface area (Å²) >= 11 is 0. The lowest BCUT2D eigenvalue weighted by Crippen LogP contribution is -3.16. The van der Waals surface area contributed by atoms with Gasteiger partial charge in [0.05, 0.1) is 39.8 Å². The molecule has 0 bridgehead atoms. The van der Waals surface area contributed by atoms with Crippen molar-refractivity contribution in [1.82, 2.24) is 5.32 Å². The minimum Gasteiger partial charge on any atom is -0.497 e. The zero-order valence-electron chi connectivity index (χ0n) is 17.7. The number of anilines is 2. The average molecular weight is 412 g/mol. The van der Waals surface area contributed by atoms with Crippen molar-refractivity contribution in [2.75, 3.05) is 56.6 Å². The molecular formula is C23H31N4O3+. The third-order valence-corrected chi connectivity index (χ3v) is 5.44. The van der Waals surface area contributed by atoms with Gasteiger partial charge in [-0.1, -0.05) is 25.1 Å². The van der Waals surface area contributed by atoms with E-state index < -0.39 is 0 Å². The molecule has 1 saturated heterocycles. The molecule has 1 fully saturated rings. The molecule has 0 aliphatic carbocycles. The summed E-state index contributed by atoms with van der Waals surface area (Å²) < 4.78 is 5.21.